The van der Waals surface area contributed by atoms with Gasteiger partial charge in [-0.3, -0.25) is 0 Å². The number of aryl methyl sites for hydroxylation is 1. The zero-order valence-corrected chi connectivity index (χ0v) is 11.8. The van der Waals surface area contributed by atoms with Crippen molar-refractivity contribution in [2.75, 3.05) is 0 Å². The third-order valence-corrected chi connectivity index (χ3v) is 3.32. The smallest absolute Gasteiger partial charge is 0.126 e. The summed E-state index contributed by atoms with van der Waals surface area (Å²) in [5.74, 6) is -0.147. The van der Waals surface area contributed by atoms with E-state index in [2.05, 4.69) is 33.4 Å². The topological polar surface area (TPSA) is 12.0 Å². The third-order valence-electron chi connectivity index (χ3n) is 2.79. The van der Waals surface area contributed by atoms with Crippen LogP contribution < -0.4 is 5.32 Å². The molecule has 0 saturated carbocycles. The molecule has 0 aliphatic carbocycles. The van der Waals surface area contributed by atoms with Crippen LogP contribution in [0, 0.1) is 12.7 Å². The highest BCUT2D eigenvalue weighted by Gasteiger charge is 1.99. The predicted octanol–water partition coefficient (Wildman–Crippen LogP) is 4.19. The second-order valence-electron chi connectivity index (χ2n) is 4.31. The highest BCUT2D eigenvalue weighted by Crippen LogP contribution is 2.11. The molecule has 0 saturated heterocycles. The van der Waals surface area contributed by atoms with E-state index in [-0.39, 0.29) is 5.82 Å². The van der Waals surface area contributed by atoms with Gasteiger partial charge in [0.15, 0.2) is 0 Å². The van der Waals surface area contributed by atoms with Crippen molar-refractivity contribution in [1.82, 2.24) is 5.32 Å². The van der Waals surface area contributed by atoms with E-state index in [1.54, 1.807) is 6.92 Å². The van der Waals surface area contributed by atoms with Crippen molar-refractivity contribution < 1.29 is 4.39 Å². The summed E-state index contributed by atoms with van der Waals surface area (Å²) in [7, 11) is 0. The number of hydrogen-bond acceptors (Lipinski definition) is 1. The lowest BCUT2D eigenvalue weighted by Gasteiger charge is -2.06. The molecule has 2 aromatic rings. The summed E-state index contributed by atoms with van der Waals surface area (Å²) in [5, 5.41) is 3.35. The van der Waals surface area contributed by atoms with E-state index >= 15 is 0 Å². The zero-order valence-electron chi connectivity index (χ0n) is 10.2. The fraction of sp³-hybridized carbons (Fsp3) is 0.200. The van der Waals surface area contributed by atoms with Crippen molar-refractivity contribution in [2.45, 2.75) is 20.0 Å². The molecular formula is C15H15BrFN. The van der Waals surface area contributed by atoms with Gasteiger partial charge in [-0.25, -0.2) is 4.39 Å². The molecule has 0 aliphatic rings. The van der Waals surface area contributed by atoms with Crippen molar-refractivity contribution in [2.24, 2.45) is 0 Å². The van der Waals surface area contributed by atoms with E-state index < -0.39 is 0 Å². The minimum atomic E-state index is -0.147. The molecule has 0 atom stereocenters. The number of nitrogens with one attached hydrogen (secondary N) is 1. The first kappa shape index (κ1) is 13.2. The Morgan fingerprint density at radius 2 is 1.61 bits per heavy atom. The molecule has 0 aromatic heterocycles. The van der Waals surface area contributed by atoms with E-state index in [0.717, 1.165) is 23.1 Å². The molecule has 0 unspecified atom stereocenters. The van der Waals surface area contributed by atoms with Gasteiger partial charge in [0.1, 0.15) is 5.82 Å². The van der Waals surface area contributed by atoms with Crippen LogP contribution in [-0.2, 0) is 13.1 Å². The van der Waals surface area contributed by atoms with Gasteiger partial charge in [-0.2, -0.15) is 0 Å². The Morgan fingerprint density at radius 3 is 2.28 bits per heavy atom. The standard InChI is InChI=1S/C15H15BrFN/c1-11-8-13(4-7-15(11)17)10-18-9-12-2-5-14(16)6-3-12/h2-8,18H,9-10H2,1H3. The Bertz CT molecular complexity index is 523. The van der Waals surface area contributed by atoms with Crippen LogP contribution in [-0.4, -0.2) is 0 Å². The molecule has 3 heteroatoms. The average Bonchev–Trinajstić information content (AvgIpc) is 2.36. The monoisotopic (exact) mass is 307 g/mol. The molecule has 1 N–H and O–H groups in total. The first-order valence-corrected chi connectivity index (χ1v) is 6.64. The second kappa shape index (κ2) is 6.12. The van der Waals surface area contributed by atoms with Gasteiger partial charge < -0.3 is 5.32 Å². The van der Waals surface area contributed by atoms with E-state index in [0.29, 0.717) is 5.56 Å². The number of benzene rings is 2. The van der Waals surface area contributed by atoms with Crippen LogP contribution >= 0.6 is 15.9 Å². The van der Waals surface area contributed by atoms with E-state index in [1.807, 2.05) is 24.3 Å². The van der Waals surface area contributed by atoms with Crippen LogP contribution in [0.5, 0.6) is 0 Å². The van der Waals surface area contributed by atoms with Crippen molar-refractivity contribution >= 4 is 15.9 Å². The Hall–Kier alpha value is -1.19. The number of hydrogen-bond donors (Lipinski definition) is 1. The van der Waals surface area contributed by atoms with Crippen LogP contribution in [0.1, 0.15) is 16.7 Å². The summed E-state index contributed by atoms with van der Waals surface area (Å²) in [4.78, 5) is 0. The van der Waals surface area contributed by atoms with Crippen molar-refractivity contribution in [3.8, 4) is 0 Å². The first-order chi connectivity index (χ1) is 8.65. The van der Waals surface area contributed by atoms with Gasteiger partial charge in [-0.05, 0) is 41.8 Å². The van der Waals surface area contributed by atoms with Gasteiger partial charge in [0, 0.05) is 17.6 Å². The van der Waals surface area contributed by atoms with Crippen LogP contribution in [0.15, 0.2) is 46.9 Å². The quantitative estimate of drug-likeness (QED) is 0.893. The Kier molecular flexibility index (Phi) is 4.50. The lowest BCUT2D eigenvalue weighted by molar-refractivity contribution is 0.615. The second-order valence-corrected chi connectivity index (χ2v) is 5.23. The summed E-state index contributed by atoms with van der Waals surface area (Å²) in [6, 6.07) is 13.4. The largest absolute Gasteiger partial charge is 0.309 e. The van der Waals surface area contributed by atoms with Crippen LogP contribution in [0.3, 0.4) is 0 Å². The van der Waals surface area contributed by atoms with Gasteiger partial charge in [0.2, 0.25) is 0 Å². The average molecular weight is 308 g/mol. The van der Waals surface area contributed by atoms with Gasteiger partial charge in [0.05, 0.1) is 0 Å². The molecule has 2 aromatic carbocycles. The SMILES string of the molecule is Cc1cc(CNCc2ccc(Br)cc2)ccc1F. The van der Waals surface area contributed by atoms with Gasteiger partial charge in [-0.1, -0.05) is 40.2 Å². The normalized spacial score (nSPS) is 10.6. The number of rotatable bonds is 4. The molecule has 0 heterocycles. The molecule has 94 valence electrons. The van der Waals surface area contributed by atoms with Crippen molar-refractivity contribution in [3.05, 3.63) is 69.4 Å². The summed E-state index contributed by atoms with van der Waals surface area (Å²) in [6.07, 6.45) is 0. The maximum absolute atomic E-state index is 13.1. The minimum Gasteiger partial charge on any atom is -0.309 e. The molecule has 1 nitrogen and oxygen atoms in total. The minimum absolute atomic E-state index is 0.147. The lowest BCUT2D eigenvalue weighted by atomic mass is 10.1. The van der Waals surface area contributed by atoms with Crippen LogP contribution in [0.4, 0.5) is 4.39 Å². The maximum atomic E-state index is 13.1. The predicted molar refractivity (Wildman–Crippen MR) is 75.8 cm³/mol. The Morgan fingerprint density at radius 1 is 1.00 bits per heavy atom. The van der Waals surface area contributed by atoms with E-state index in [4.69, 9.17) is 0 Å². The van der Waals surface area contributed by atoms with Crippen molar-refractivity contribution in [1.29, 1.82) is 0 Å². The summed E-state index contributed by atoms with van der Waals surface area (Å²) < 4.78 is 14.2. The molecule has 0 aliphatic heterocycles. The fourth-order valence-corrected chi connectivity index (χ4v) is 2.03. The molecule has 18 heavy (non-hydrogen) atoms. The molecule has 0 spiro atoms. The van der Waals surface area contributed by atoms with Crippen LogP contribution in [0.2, 0.25) is 0 Å². The Balaban J connectivity index is 1.88. The molecule has 0 fully saturated rings. The van der Waals surface area contributed by atoms with Gasteiger partial charge >= 0.3 is 0 Å². The summed E-state index contributed by atoms with van der Waals surface area (Å²) >= 11 is 3.41. The molecule has 0 bridgehead atoms. The van der Waals surface area contributed by atoms with Gasteiger partial charge in [-0.15, -0.1) is 0 Å². The fourth-order valence-electron chi connectivity index (χ4n) is 1.77. The maximum Gasteiger partial charge on any atom is 0.126 e. The lowest BCUT2D eigenvalue weighted by Crippen LogP contribution is -2.12. The summed E-state index contributed by atoms with van der Waals surface area (Å²) in [5.41, 5.74) is 3.03. The molecule has 0 radical (unpaired) electrons. The highest BCUT2D eigenvalue weighted by atomic mass is 79.9. The molecule has 0 amide bonds. The van der Waals surface area contributed by atoms with Crippen LogP contribution in [0.25, 0.3) is 0 Å². The summed E-state index contributed by atoms with van der Waals surface area (Å²) in [6.45, 7) is 3.34. The molecular weight excluding hydrogens is 293 g/mol. The highest BCUT2D eigenvalue weighted by molar-refractivity contribution is 9.10. The van der Waals surface area contributed by atoms with E-state index in [9.17, 15) is 4.39 Å². The van der Waals surface area contributed by atoms with Crippen molar-refractivity contribution in [3.63, 3.8) is 0 Å². The van der Waals surface area contributed by atoms with Gasteiger partial charge in [0.25, 0.3) is 0 Å². The van der Waals surface area contributed by atoms with E-state index in [1.165, 1.54) is 11.6 Å². The third kappa shape index (κ3) is 3.65. The first-order valence-electron chi connectivity index (χ1n) is 5.85. The zero-order chi connectivity index (χ0) is 13.0. The number of halogens is 2. The Labute approximate surface area is 115 Å². The molecule has 2 rings (SSSR count).